The lowest BCUT2D eigenvalue weighted by Gasteiger charge is -2.36. The van der Waals surface area contributed by atoms with Crippen molar-refractivity contribution in [2.45, 2.75) is 33.6 Å². The lowest BCUT2D eigenvalue weighted by atomic mass is 10.1. The van der Waals surface area contributed by atoms with Gasteiger partial charge >= 0.3 is 6.03 Å². The maximum absolute atomic E-state index is 14.2. The quantitative estimate of drug-likeness (QED) is 0.633. The number of benzene rings is 1. The number of nitrogens with zero attached hydrogens (tertiary/aromatic N) is 2. The number of urea groups is 1. The van der Waals surface area contributed by atoms with Crippen LogP contribution in [-0.2, 0) is 0 Å². The van der Waals surface area contributed by atoms with Gasteiger partial charge in [0.15, 0.2) is 5.78 Å². The summed E-state index contributed by atoms with van der Waals surface area (Å²) >= 11 is 0. The van der Waals surface area contributed by atoms with Crippen molar-refractivity contribution < 1.29 is 14.0 Å². The van der Waals surface area contributed by atoms with Crippen molar-refractivity contribution in [2.75, 3.05) is 37.6 Å². The number of nitrogens with one attached hydrogen (secondary N) is 1. The molecule has 5 nitrogen and oxygen atoms in total. The van der Waals surface area contributed by atoms with E-state index >= 15 is 0 Å². The third-order valence-corrected chi connectivity index (χ3v) is 4.50. The normalized spacial score (nSPS) is 14.8. The Labute approximate surface area is 149 Å². The number of halogens is 1. The molecule has 0 unspecified atom stereocenters. The maximum Gasteiger partial charge on any atom is 0.317 e. The average molecular weight is 349 g/mol. The molecule has 1 heterocycles. The van der Waals surface area contributed by atoms with Crippen LogP contribution in [0.15, 0.2) is 18.2 Å². The standard InChI is InChI=1S/C19H28FN3O2/c1-14(2)5-4-8-21-19(25)23-11-9-22(10-12-23)18-7-6-16(15(3)24)13-17(18)20/h6-7,13-14H,4-5,8-12H2,1-3H3,(H,21,25). The van der Waals surface area contributed by atoms with Crippen molar-refractivity contribution in [3.8, 4) is 0 Å². The molecule has 1 aliphatic rings. The van der Waals surface area contributed by atoms with E-state index < -0.39 is 0 Å². The van der Waals surface area contributed by atoms with Crippen LogP contribution in [0.4, 0.5) is 14.9 Å². The Morgan fingerprint density at radius 2 is 1.88 bits per heavy atom. The molecule has 1 aromatic rings. The van der Waals surface area contributed by atoms with Gasteiger partial charge in [-0.1, -0.05) is 13.8 Å². The third kappa shape index (κ3) is 5.44. The molecule has 1 fully saturated rings. The summed E-state index contributed by atoms with van der Waals surface area (Å²) in [6.45, 7) is 8.73. The van der Waals surface area contributed by atoms with E-state index in [-0.39, 0.29) is 17.6 Å². The van der Waals surface area contributed by atoms with Crippen LogP contribution < -0.4 is 10.2 Å². The highest BCUT2D eigenvalue weighted by molar-refractivity contribution is 5.94. The van der Waals surface area contributed by atoms with Gasteiger partial charge in [-0.25, -0.2) is 9.18 Å². The highest BCUT2D eigenvalue weighted by Crippen LogP contribution is 2.22. The number of rotatable bonds is 6. The van der Waals surface area contributed by atoms with Crippen LogP contribution in [0.2, 0.25) is 0 Å². The van der Waals surface area contributed by atoms with Crippen molar-refractivity contribution in [1.29, 1.82) is 0 Å². The molecule has 25 heavy (non-hydrogen) atoms. The van der Waals surface area contributed by atoms with Crippen LogP contribution in [0.25, 0.3) is 0 Å². The fourth-order valence-corrected chi connectivity index (χ4v) is 2.95. The highest BCUT2D eigenvalue weighted by Gasteiger charge is 2.22. The number of piperazine rings is 1. The molecule has 1 aliphatic heterocycles. The minimum absolute atomic E-state index is 0.0456. The lowest BCUT2D eigenvalue weighted by molar-refractivity contribution is 0.101. The van der Waals surface area contributed by atoms with Gasteiger partial charge in [-0.3, -0.25) is 4.79 Å². The van der Waals surface area contributed by atoms with E-state index in [0.717, 1.165) is 12.8 Å². The summed E-state index contributed by atoms with van der Waals surface area (Å²) < 4.78 is 14.2. The van der Waals surface area contributed by atoms with Gasteiger partial charge in [-0.05, 0) is 43.9 Å². The molecule has 1 N–H and O–H groups in total. The van der Waals surface area contributed by atoms with E-state index in [1.54, 1.807) is 17.0 Å². The van der Waals surface area contributed by atoms with Crippen LogP contribution in [0.1, 0.15) is 44.0 Å². The molecule has 0 radical (unpaired) electrons. The number of Topliss-reactive ketones (excluding diaryl/α,β-unsaturated/α-hetero) is 1. The van der Waals surface area contributed by atoms with Gasteiger partial charge in [-0.15, -0.1) is 0 Å². The van der Waals surface area contributed by atoms with Crippen LogP contribution in [-0.4, -0.2) is 49.4 Å². The highest BCUT2D eigenvalue weighted by atomic mass is 19.1. The summed E-state index contributed by atoms with van der Waals surface area (Å²) in [5, 5.41) is 2.95. The molecule has 1 saturated heterocycles. The summed E-state index contributed by atoms with van der Waals surface area (Å²) in [7, 11) is 0. The largest absolute Gasteiger partial charge is 0.366 e. The van der Waals surface area contributed by atoms with Crippen LogP contribution in [0.3, 0.4) is 0 Å². The van der Waals surface area contributed by atoms with E-state index in [0.29, 0.717) is 49.9 Å². The summed E-state index contributed by atoms with van der Waals surface area (Å²) in [5.41, 5.74) is 0.864. The number of ketones is 1. The minimum Gasteiger partial charge on any atom is -0.366 e. The van der Waals surface area contributed by atoms with Crippen molar-refractivity contribution >= 4 is 17.5 Å². The molecule has 0 saturated carbocycles. The Bertz CT molecular complexity index is 611. The minimum atomic E-state index is -0.390. The molecule has 0 aliphatic carbocycles. The van der Waals surface area contributed by atoms with E-state index in [4.69, 9.17) is 0 Å². The van der Waals surface area contributed by atoms with Crippen LogP contribution in [0, 0.1) is 11.7 Å². The summed E-state index contributed by atoms with van der Waals surface area (Å²) in [4.78, 5) is 27.2. The van der Waals surface area contributed by atoms with E-state index in [1.807, 2.05) is 4.90 Å². The third-order valence-electron chi connectivity index (χ3n) is 4.50. The molecule has 2 rings (SSSR count). The van der Waals surface area contributed by atoms with E-state index in [9.17, 15) is 14.0 Å². The van der Waals surface area contributed by atoms with Crippen molar-refractivity contribution in [2.24, 2.45) is 5.92 Å². The predicted molar refractivity (Wildman–Crippen MR) is 97.7 cm³/mol. The van der Waals surface area contributed by atoms with Crippen LogP contribution in [0.5, 0.6) is 0 Å². The number of carbonyl (C=O) groups is 2. The first-order chi connectivity index (χ1) is 11.9. The molecule has 0 aromatic heterocycles. The van der Waals surface area contributed by atoms with Gasteiger partial charge in [0.25, 0.3) is 0 Å². The van der Waals surface area contributed by atoms with Gasteiger partial charge < -0.3 is 15.1 Å². The Balaban J connectivity index is 1.83. The van der Waals surface area contributed by atoms with Crippen molar-refractivity contribution in [1.82, 2.24) is 10.2 Å². The van der Waals surface area contributed by atoms with Crippen molar-refractivity contribution in [3.63, 3.8) is 0 Å². The molecule has 0 atom stereocenters. The van der Waals surface area contributed by atoms with Crippen molar-refractivity contribution in [3.05, 3.63) is 29.6 Å². The number of hydrogen-bond donors (Lipinski definition) is 1. The second kappa shape index (κ2) is 8.83. The Morgan fingerprint density at radius 3 is 2.44 bits per heavy atom. The number of amides is 2. The molecular formula is C19H28FN3O2. The Morgan fingerprint density at radius 1 is 1.20 bits per heavy atom. The fraction of sp³-hybridized carbons (Fsp3) is 0.579. The molecule has 0 bridgehead atoms. The van der Waals surface area contributed by atoms with E-state index in [1.165, 1.54) is 13.0 Å². The monoisotopic (exact) mass is 349 g/mol. The average Bonchev–Trinajstić information content (AvgIpc) is 2.58. The maximum atomic E-state index is 14.2. The first kappa shape index (κ1) is 19.2. The molecule has 2 amide bonds. The molecule has 0 spiro atoms. The fourth-order valence-electron chi connectivity index (χ4n) is 2.95. The SMILES string of the molecule is CC(=O)c1ccc(N2CCN(C(=O)NCCCC(C)C)CC2)c(F)c1. The van der Waals surface area contributed by atoms with Gasteiger partial charge in [0.05, 0.1) is 5.69 Å². The molecule has 6 heteroatoms. The smallest absolute Gasteiger partial charge is 0.317 e. The molecule has 138 valence electrons. The molecule has 1 aromatic carbocycles. The first-order valence-electron chi connectivity index (χ1n) is 8.96. The second-order valence-corrected chi connectivity index (χ2v) is 6.96. The topological polar surface area (TPSA) is 52.7 Å². The summed E-state index contributed by atoms with van der Waals surface area (Å²) in [6.07, 6.45) is 2.08. The van der Waals surface area contributed by atoms with Gasteiger partial charge in [0.2, 0.25) is 0 Å². The zero-order valence-electron chi connectivity index (χ0n) is 15.3. The zero-order valence-corrected chi connectivity index (χ0v) is 15.3. The van der Waals surface area contributed by atoms with E-state index in [2.05, 4.69) is 19.2 Å². The lowest BCUT2D eigenvalue weighted by Crippen LogP contribution is -2.52. The second-order valence-electron chi connectivity index (χ2n) is 6.96. The van der Waals surface area contributed by atoms with Gasteiger partial charge in [0, 0.05) is 38.3 Å². The number of hydrogen-bond acceptors (Lipinski definition) is 3. The zero-order chi connectivity index (χ0) is 18.4. The predicted octanol–water partition coefficient (Wildman–Crippen LogP) is 3.30. The Kier molecular flexibility index (Phi) is 6.79. The molecular weight excluding hydrogens is 321 g/mol. The van der Waals surface area contributed by atoms with Crippen LogP contribution >= 0.6 is 0 Å². The number of carbonyl (C=O) groups excluding carboxylic acids is 2. The van der Waals surface area contributed by atoms with Gasteiger partial charge in [-0.2, -0.15) is 0 Å². The summed E-state index contributed by atoms with van der Waals surface area (Å²) in [5.74, 6) is 0.105. The van der Waals surface area contributed by atoms with Gasteiger partial charge in [0.1, 0.15) is 5.82 Å². The first-order valence-corrected chi connectivity index (χ1v) is 8.96. The Hall–Kier alpha value is -2.11. The number of anilines is 1. The summed E-state index contributed by atoms with van der Waals surface area (Å²) in [6, 6.07) is 4.53.